The second kappa shape index (κ2) is 8.32. The molecule has 0 fully saturated rings. The van der Waals surface area contributed by atoms with Gasteiger partial charge in [0.2, 0.25) is 10.8 Å². The van der Waals surface area contributed by atoms with Crippen LogP contribution in [0.5, 0.6) is 11.6 Å². The fourth-order valence-electron chi connectivity index (χ4n) is 4.30. The van der Waals surface area contributed by atoms with Crippen LogP contribution >= 0.6 is 11.3 Å². The molecular formula is C24H26N4O2S. The number of benzene rings is 2. The molecule has 0 spiro atoms. The van der Waals surface area contributed by atoms with Crippen molar-refractivity contribution in [1.82, 2.24) is 19.5 Å². The Morgan fingerprint density at radius 2 is 1.87 bits per heavy atom. The molecule has 0 saturated carbocycles. The van der Waals surface area contributed by atoms with Gasteiger partial charge in [0.1, 0.15) is 5.75 Å². The van der Waals surface area contributed by atoms with Crippen LogP contribution in [0.1, 0.15) is 47.3 Å². The first-order valence-corrected chi connectivity index (χ1v) is 11.6. The Bertz CT molecular complexity index is 1200. The number of aromatic nitrogens is 3. The number of aryl methyl sites for hydroxylation is 1. The molecule has 0 amide bonds. The lowest BCUT2D eigenvalue weighted by atomic mass is 9.95. The molecule has 1 atom stereocenters. The first-order chi connectivity index (χ1) is 15.2. The molecule has 160 valence electrons. The second-order valence-corrected chi connectivity index (χ2v) is 8.77. The van der Waals surface area contributed by atoms with Gasteiger partial charge in [-0.1, -0.05) is 54.7 Å². The third-order valence-corrected chi connectivity index (χ3v) is 6.91. The zero-order valence-electron chi connectivity index (χ0n) is 17.8. The van der Waals surface area contributed by atoms with Crippen molar-refractivity contribution in [3.05, 3.63) is 75.9 Å². The van der Waals surface area contributed by atoms with Crippen LogP contribution < -0.4 is 4.74 Å². The molecule has 7 heteroatoms. The maximum Gasteiger partial charge on any atom is 0.230 e. The van der Waals surface area contributed by atoms with E-state index in [2.05, 4.69) is 51.4 Å². The lowest BCUT2D eigenvalue weighted by molar-refractivity contribution is 0.205. The lowest BCUT2D eigenvalue weighted by Crippen LogP contribution is -2.34. The molecule has 2 aromatic heterocycles. The van der Waals surface area contributed by atoms with E-state index in [4.69, 9.17) is 4.74 Å². The van der Waals surface area contributed by atoms with Crippen molar-refractivity contribution in [2.75, 3.05) is 13.2 Å². The van der Waals surface area contributed by atoms with E-state index < -0.39 is 0 Å². The fraction of sp³-hybridized carbons (Fsp3) is 0.333. The molecule has 0 saturated heterocycles. The zero-order chi connectivity index (χ0) is 21.4. The minimum atomic E-state index is -0.0809. The van der Waals surface area contributed by atoms with Crippen LogP contribution in [0.25, 0.3) is 4.96 Å². The zero-order valence-corrected chi connectivity index (χ0v) is 18.6. The highest BCUT2D eigenvalue weighted by molar-refractivity contribution is 7.17. The number of thiazole rings is 1. The van der Waals surface area contributed by atoms with Crippen molar-refractivity contribution in [2.45, 2.75) is 39.3 Å². The quantitative estimate of drug-likeness (QED) is 0.480. The Hall–Kier alpha value is -2.90. The minimum absolute atomic E-state index is 0.0809. The largest absolute Gasteiger partial charge is 0.494 e. The summed E-state index contributed by atoms with van der Waals surface area (Å²) in [6.07, 6.45) is 1.74. The van der Waals surface area contributed by atoms with Crippen LogP contribution in [-0.4, -0.2) is 37.8 Å². The molecule has 0 unspecified atom stereocenters. The molecule has 2 aromatic carbocycles. The van der Waals surface area contributed by atoms with E-state index >= 15 is 0 Å². The number of aromatic hydroxyl groups is 1. The average molecular weight is 435 g/mol. The number of ether oxygens (including phenoxy) is 1. The van der Waals surface area contributed by atoms with E-state index in [1.165, 1.54) is 22.5 Å². The molecule has 0 radical (unpaired) electrons. The van der Waals surface area contributed by atoms with Crippen molar-refractivity contribution in [3.8, 4) is 11.6 Å². The van der Waals surface area contributed by atoms with Crippen molar-refractivity contribution in [1.29, 1.82) is 0 Å². The maximum absolute atomic E-state index is 11.1. The standard InChI is InChI=1S/C24H26N4O2S/c1-3-20-25-24-28(26-20)23(29)22(31-24)21(17-9-11-19(12-10-17)30-4-2)27-14-13-16-7-5-6-8-18(16)15-27/h5-12,21,29H,3-4,13-15H2,1-2H3/t21-/m0/s1. The SMILES string of the molecule is CCOc1ccc([C@@H](c2sc3nc(CC)nn3c2O)N2CCc3ccccc3C2)cc1. The molecule has 1 aliphatic heterocycles. The highest BCUT2D eigenvalue weighted by atomic mass is 32.1. The normalized spacial score (nSPS) is 15.2. The summed E-state index contributed by atoms with van der Waals surface area (Å²) in [6.45, 7) is 6.40. The third-order valence-electron chi connectivity index (χ3n) is 5.84. The van der Waals surface area contributed by atoms with E-state index in [0.717, 1.165) is 52.9 Å². The molecule has 3 heterocycles. The van der Waals surface area contributed by atoms with Gasteiger partial charge < -0.3 is 9.84 Å². The number of hydrogen-bond acceptors (Lipinski definition) is 6. The monoisotopic (exact) mass is 434 g/mol. The minimum Gasteiger partial charge on any atom is -0.494 e. The molecular weight excluding hydrogens is 408 g/mol. The van der Waals surface area contributed by atoms with Gasteiger partial charge >= 0.3 is 0 Å². The summed E-state index contributed by atoms with van der Waals surface area (Å²) >= 11 is 1.52. The highest BCUT2D eigenvalue weighted by Gasteiger charge is 2.31. The molecule has 5 rings (SSSR count). The molecule has 0 aliphatic carbocycles. The maximum atomic E-state index is 11.1. The van der Waals surface area contributed by atoms with E-state index in [0.29, 0.717) is 6.61 Å². The van der Waals surface area contributed by atoms with Crippen molar-refractivity contribution in [3.63, 3.8) is 0 Å². The molecule has 1 aliphatic rings. The molecule has 31 heavy (non-hydrogen) atoms. The molecule has 4 aromatic rings. The van der Waals surface area contributed by atoms with Gasteiger partial charge in [0, 0.05) is 19.5 Å². The molecule has 0 bridgehead atoms. The Labute approximate surface area is 185 Å². The van der Waals surface area contributed by atoms with Crippen molar-refractivity contribution >= 4 is 16.3 Å². The summed E-state index contributed by atoms with van der Waals surface area (Å²) in [5.41, 5.74) is 3.87. The van der Waals surface area contributed by atoms with Gasteiger partial charge in [0.25, 0.3) is 0 Å². The van der Waals surface area contributed by atoms with Gasteiger partial charge in [-0.25, -0.2) is 4.98 Å². The van der Waals surface area contributed by atoms with Gasteiger partial charge in [-0.2, -0.15) is 4.52 Å². The fourth-order valence-corrected chi connectivity index (χ4v) is 5.43. The van der Waals surface area contributed by atoms with E-state index in [1.54, 1.807) is 4.52 Å². The first-order valence-electron chi connectivity index (χ1n) is 10.8. The summed E-state index contributed by atoms with van der Waals surface area (Å²) in [7, 11) is 0. The van der Waals surface area contributed by atoms with Gasteiger partial charge in [-0.3, -0.25) is 4.90 Å². The highest BCUT2D eigenvalue weighted by Crippen LogP contribution is 2.42. The van der Waals surface area contributed by atoms with Crippen LogP contribution in [0, 0.1) is 0 Å². The molecule has 6 nitrogen and oxygen atoms in total. The Morgan fingerprint density at radius 1 is 1.10 bits per heavy atom. The van der Waals surface area contributed by atoms with E-state index in [9.17, 15) is 5.11 Å². The summed E-state index contributed by atoms with van der Waals surface area (Å²) in [6, 6.07) is 16.8. The summed E-state index contributed by atoms with van der Waals surface area (Å²) < 4.78 is 7.22. The van der Waals surface area contributed by atoms with Gasteiger partial charge in [-0.15, -0.1) is 5.10 Å². The summed E-state index contributed by atoms with van der Waals surface area (Å²) in [5.74, 6) is 1.79. The van der Waals surface area contributed by atoms with Crippen LogP contribution in [0.3, 0.4) is 0 Å². The van der Waals surface area contributed by atoms with Crippen LogP contribution in [0.15, 0.2) is 48.5 Å². The summed E-state index contributed by atoms with van der Waals surface area (Å²) in [5, 5.41) is 15.6. The average Bonchev–Trinajstić information content (AvgIpc) is 3.34. The Balaban J connectivity index is 1.58. The third kappa shape index (κ3) is 3.68. The number of hydrogen-bond donors (Lipinski definition) is 1. The van der Waals surface area contributed by atoms with Gasteiger partial charge in [0.05, 0.1) is 17.5 Å². The predicted octanol–water partition coefficient (Wildman–Crippen LogP) is 4.61. The van der Waals surface area contributed by atoms with Crippen molar-refractivity contribution < 1.29 is 9.84 Å². The van der Waals surface area contributed by atoms with E-state index in [-0.39, 0.29) is 11.9 Å². The van der Waals surface area contributed by atoms with Crippen molar-refractivity contribution in [2.24, 2.45) is 0 Å². The summed E-state index contributed by atoms with van der Waals surface area (Å²) in [4.78, 5) is 8.62. The number of nitrogens with zero attached hydrogens (tertiary/aromatic N) is 4. The first kappa shape index (κ1) is 20.0. The number of fused-ring (bicyclic) bond motifs is 2. The van der Waals surface area contributed by atoms with Crippen LogP contribution in [0.4, 0.5) is 0 Å². The molecule has 1 N–H and O–H groups in total. The second-order valence-electron chi connectivity index (χ2n) is 7.76. The Kier molecular flexibility index (Phi) is 5.38. The topological polar surface area (TPSA) is 62.9 Å². The lowest BCUT2D eigenvalue weighted by Gasteiger charge is -2.35. The van der Waals surface area contributed by atoms with Gasteiger partial charge in [-0.05, 0) is 42.2 Å². The predicted molar refractivity (Wildman–Crippen MR) is 122 cm³/mol. The van der Waals surface area contributed by atoms with Gasteiger partial charge in [0.15, 0.2) is 5.82 Å². The smallest absolute Gasteiger partial charge is 0.230 e. The van der Waals surface area contributed by atoms with Crippen LogP contribution in [0.2, 0.25) is 0 Å². The van der Waals surface area contributed by atoms with Crippen LogP contribution in [-0.2, 0) is 19.4 Å². The van der Waals surface area contributed by atoms with E-state index in [1.807, 2.05) is 26.0 Å². The number of rotatable bonds is 6. The Morgan fingerprint density at radius 3 is 2.58 bits per heavy atom.